The Morgan fingerprint density at radius 3 is 2.42 bits per heavy atom. The van der Waals surface area contributed by atoms with Gasteiger partial charge in [-0.05, 0) is 42.2 Å². The Kier molecular flexibility index (Phi) is 4.30. The van der Waals surface area contributed by atoms with Gasteiger partial charge in [0.15, 0.2) is 11.6 Å². The van der Waals surface area contributed by atoms with Crippen LogP contribution in [0.2, 0.25) is 0 Å². The maximum absolute atomic E-state index is 13.0. The Labute approximate surface area is 142 Å². The Morgan fingerprint density at radius 2 is 1.71 bits per heavy atom. The van der Waals surface area contributed by atoms with Crippen LogP contribution in [0.5, 0.6) is 0 Å². The second-order valence-corrected chi connectivity index (χ2v) is 6.21. The van der Waals surface area contributed by atoms with Crippen LogP contribution in [0.4, 0.5) is 0 Å². The lowest BCUT2D eigenvalue weighted by Crippen LogP contribution is -2.35. The third-order valence-electron chi connectivity index (χ3n) is 4.62. The van der Waals surface area contributed by atoms with E-state index in [0.29, 0.717) is 12.0 Å². The molecule has 2 aromatic carbocycles. The maximum atomic E-state index is 13.0. The van der Waals surface area contributed by atoms with Crippen molar-refractivity contribution in [2.45, 2.75) is 25.7 Å². The van der Waals surface area contributed by atoms with E-state index < -0.39 is 5.41 Å². The quantitative estimate of drug-likeness (QED) is 0.602. The lowest BCUT2D eigenvalue weighted by Gasteiger charge is -2.31. The van der Waals surface area contributed by atoms with Gasteiger partial charge in [-0.3, -0.25) is 9.59 Å². The predicted molar refractivity (Wildman–Crippen MR) is 97.0 cm³/mol. The van der Waals surface area contributed by atoms with Crippen LogP contribution in [0.25, 0.3) is 6.08 Å². The van der Waals surface area contributed by atoms with Gasteiger partial charge >= 0.3 is 0 Å². The van der Waals surface area contributed by atoms with Crippen molar-refractivity contribution in [1.82, 2.24) is 0 Å². The molecule has 0 aromatic heterocycles. The van der Waals surface area contributed by atoms with Crippen molar-refractivity contribution in [3.05, 3.63) is 89.0 Å². The average Bonchev–Trinajstić information content (AvgIpc) is 2.63. The molecule has 1 atom stereocenters. The van der Waals surface area contributed by atoms with E-state index in [1.54, 1.807) is 18.2 Å². The van der Waals surface area contributed by atoms with E-state index in [4.69, 9.17) is 0 Å². The lowest BCUT2D eigenvalue weighted by molar-refractivity contribution is -0.119. The van der Waals surface area contributed by atoms with Crippen molar-refractivity contribution < 1.29 is 9.59 Å². The number of carbonyl (C=O) groups excluding carboxylic acids is 2. The van der Waals surface area contributed by atoms with E-state index in [0.717, 1.165) is 16.7 Å². The average molecular weight is 316 g/mol. The molecule has 1 aliphatic carbocycles. The van der Waals surface area contributed by atoms with E-state index in [1.165, 1.54) is 6.08 Å². The first-order chi connectivity index (χ1) is 11.6. The normalized spacial score (nSPS) is 19.9. The van der Waals surface area contributed by atoms with Gasteiger partial charge in [0.1, 0.15) is 0 Å². The smallest absolute Gasteiger partial charge is 0.185 e. The number of fused-ring (bicyclic) bond motifs is 1. The number of hydrogen-bond donors (Lipinski definition) is 0. The second kappa shape index (κ2) is 6.40. The fraction of sp³-hybridized carbons (Fsp3) is 0.182. The Bertz CT molecular complexity index is 843. The molecule has 120 valence electrons. The summed E-state index contributed by atoms with van der Waals surface area (Å²) in [6.45, 7) is 3.88. The van der Waals surface area contributed by atoms with Crippen LogP contribution in [0.15, 0.2) is 72.3 Å². The molecule has 0 heterocycles. The van der Waals surface area contributed by atoms with Crippen LogP contribution in [0, 0.1) is 0 Å². The molecule has 0 bridgehead atoms. The van der Waals surface area contributed by atoms with Crippen molar-refractivity contribution in [2.24, 2.45) is 0 Å². The molecule has 3 rings (SSSR count). The first-order valence-electron chi connectivity index (χ1n) is 8.19. The summed E-state index contributed by atoms with van der Waals surface area (Å²) in [6, 6.07) is 17.0. The summed E-state index contributed by atoms with van der Waals surface area (Å²) >= 11 is 0. The number of benzene rings is 2. The van der Waals surface area contributed by atoms with Crippen LogP contribution in [0.3, 0.4) is 0 Å². The molecule has 1 aliphatic rings. The zero-order chi connectivity index (χ0) is 17.2. The van der Waals surface area contributed by atoms with Crippen LogP contribution in [-0.4, -0.2) is 11.6 Å². The number of rotatable bonds is 4. The third kappa shape index (κ3) is 2.76. The van der Waals surface area contributed by atoms with Crippen molar-refractivity contribution in [3.8, 4) is 0 Å². The number of hydrogen-bond acceptors (Lipinski definition) is 2. The molecule has 2 aromatic rings. The summed E-state index contributed by atoms with van der Waals surface area (Å²) in [4.78, 5) is 25.3. The standard InChI is InChI=1S/C22H20O2/c1-3-16-15-18-11-7-8-12-19(18)22(2,21(16)24)14-13-20(23)17-9-5-4-6-10-17/h4-15H,3H2,1-2H3/b14-13-/t22-/m1/s1. The first kappa shape index (κ1) is 16.1. The Balaban J connectivity index is 2.02. The molecule has 0 amide bonds. The number of ketones is 2. The summed E-state index contributed by atoms with van der Waals surface area (Å²) in [5, 5.41) is 0. The molecule has 2 heteroatoms. The highest BCUT2D eigenvalue weighted by Gasteiger charge is 2.38. The molecule has 0 spiro atoms. The first-order valence-corrected chi connectivity index (χ1v) is 8.19. The topological polar surface area (TPSA) is 34.1 Å². The maximum Gasteiger partial charge on any atom is 0.185 e. The van der Waals surface area contributed by atoms with E-state index in [2.05, 4.69) is 0 Å². The van der Waals surface area contributed by atoms with Crippen LogP contribution in [-0.2, 0) is 10.2 Å². The van der Waals surface area contributed by atoms with Crippen LogP contribution in [0.1, 0.15) is 41.8 Å². The highest BCUT2D eigenvalue weighted by molar-refractivity contribution is 6.12. The molecular formula is C22H20O2. The van der Waals surface area contributed by atoms with E-state index in [9.17, 15) is 9.59 Å². The van der Waals surface area contributed by atoms with Crippen molar-refractivity contribution in [2.75, 3.05) is 0 Å². The van der Waals surface area contributed by atoms with E-state index in [1.807, 2.05) is 62.4 Å². The fourth-order valence-electron chi connectivity index (χ4n) is 3.17. The van der Waals surface area contributed by atoms with Gasteiger partial charge in [-0.2, -0.15) is 0 Å². The SMILES string of the molecule is CCC1=Cc2ccccc2[C@@](C)(/C=C\C(=O)c2ccccc2)C1=O. The van der Waals surface area contributed by atoms with Gasteiger partial charge in [0.25, 0.3) is 0 Å². The minimum atomic E-state index is -0.804. The number of carbonyl (C=O) groups is 2. The van der Waals surface area contributed by atoms with Gasteiger partial charge < -0.3 is 0 Å². The molecule has 0 fully saturated rings. The largest absolute Gasteiger partial charge is 0.293 e. The van der Waals surface area contributed by atoms with Gasteiger partial charge in [0.05, 0.1) is 5.41 Å². The number of allylic oxidation sites excluding steroid dienone is 3. The van der Waals surface area contributed by atoms with Crippen molar-refractivity contribution >= 4 is 17.6 Å². The zero-order valence-corrected chi connectivity index (χ0v) is 14.0. The van der Waals surface area contributed by atoms with Gasteiger partial charge in [-0.25, -0.2) is 0 Å². The van der Waals surface area contributed by atoms with Gasteiger partial charge in [-0.15, -0.1) is 0 Å². The number of Topliss-reactive ketones (excluding diaryl/α,β-unsaturated/α-hetero) is 1. The predicted octanol–water partition coefficient (Wildman–Crippen LogP) is 4.76. The minimum absolute atomic E-state index is 0.0702. The second-order valence-electron chi connectivity index (χ2n) is 6.21. The lowest BCUT2D eigenvalue weighted by atomic mass is 9.69. The van der Waals surface area contributed by atoms with Gasteiger partial charge in [0.2, 0.25) is 0 Å². The molecule has 0 N–H and O–H groups in total. The molecule has 24 heavy (non-hydrogen) atoms. The molecule has 0 unspecified atom stereocenters. The van der Waals surface area contributed by atoms with Crippen molar-refractivity contribution in [3.63, 3.8) is 0 Å². The Hall–Kier alpha value is -2.74. The molecule has 0 aliphatic heterocycles. The van der Waals surface area contributed by atoms with E-state index in [-0.39, 0.29) is 11.6 Å². The van der Waals surface area contributed by atoms with Gasteiger partial charge in [0, 0.05) is 5.56 Å². The summed E-state index contributed by atoms with van der Waals surface area (Å²) < 4.78 is 0. The van der Waals surface area contributed by atoms with Crippen LogP contribution < -0.4 is 0 Å². The molecule has 0 radical (unpaired) electrons. The molecule has 2 nitrogen and oxygen atoms in total. The van der Waals surface area contributed by atoms with Crippen molar-refractivity contribution in [1.29, 1.82) is 0 Å². The summed E-state index contributed by atoms with van der Waals surface area (Å²) in [6.07, 6.45) is 5.93. The molecule has 0 saturated carbocycles. The van der Waals surface area contributed by atoms with Gasteiger partial charge in [-0.1, -0.05) is 67.6 Å². The molecule has 0 saturated heterocycles. The highest BCUT2D eigenvalue weighted by atomic mass is 16.1. The summed E-state index contributed by atoms with van der Waals surface area (Å²) in [7, 11) is 0. The van der Waals surface area contributed by atoms with E-state index >= 15 is 0 Å². The monoisotopic (exact) mass is 316 g/mol. The minimum Gasteiger partial charge on any atom is -0.293 e. The highest BCUT2D eigenvalue weighted by Crippen LogP contribution is 2.38. The summed E-state index contributed by atoms with van der Waals surface area (Å²) in [5.41, 5.74) is 2.62. The summed E-state index contributed by atoms with van der Waals surface area (Å²) in [5.74, 6) is -0.0180. The van der Waals surface area contributed by atoms with Crippen LogP contribution >= 0.6 is 0 Å². The third-order valence-corrected chi connectivity index (χ3v) is 4.62. The molecular weight excluding hydrogens is 296 g/mol. The fourth-order valence-corrected chi connectivity index (χ4v) is 3.17. The Morgan fingerprint density at radius 1 is 1.04 bits per heavy atom. The zero-order valence-electron chi connectivity index (χ0n) is 14.0.